The molecule has 0 saturated heterocycles. The third-order valence-corrected chi connectivity index (χ3v) is 2.43. The van der Waals surface area contributed by atoms with Crippen LogP contribution in [0.1, 0.15) is 12.8 Å². The zero-order chi connectivity index (χ0) is 7.14. The van der Waals surface area contributed by atoms with Crippen molar-refractivity contribution in [2.24, 2.45) is 11.8 Å². The normalized spacial score (nSPS) is 44.5. The first-order chi connectivity index (χ1) is 4.77. The second kappa shape index (κ2) is 1.92. The van der Waals surface area contributed by atoms with Gasteiger partial charge >= 0.3 is 0 Å². The Bertz CT molecular complexity index is 195. The Morgan fingerprint density at radius 1 is 1.50 bits per heavy atom. The van der Waals surface area contributed by atoms with Crippen molar-refractivity contribution < 1.29 is 9.90 Å². The number of carbonyl (C=O) groups excluding carboxylic acids is 1. The summed E-state index contributed by atoms with van der Waals surface area (Å²) in [5, 5.41) is 9.31. The molecule has 0 amide bonds. The molecule has 0 heterocycles. The number of ketones is 1. The Kier molecular flexibility index (Phi) is 1.17. The fourth-order valence-electron chi connectivity index (χ4n) is 1.75. The van der Waals surface area contributed by atoms with E-state index in [2.05, 4.69) is 0 Å². The van der Waals surface area contributed by atoms with Crippen molar-refractivity contribution in [2.45, 2.75) is 18.9 Å². The van der Waals surface area contributed by atoms with E-state index in [9.17, 15) is 9.90 Å². The minimum atomic E-state index is -0.257. The Labute approximate surface area is 59.5 Å². The second-order valence-electron chi connectivity index (χ2n) is 3.13. The molecule has 10 heavy (non-hydrogen) atoms. The van der Waals surface area contributed by atoms with E-state index >= 15 is 0 Å². The third kappa shape index (κ3) is 0.721. The fourth-order valence-corrected chi connectivity index (χ4v) is 1.75. The number of aliphatic hydroxyl groups is 1. The molecular formula is C8H10O2. The van der Waals surface area contributed by atoms with Crippen LogP contribution in [0.3, 0.4) is 0 Å². The lowest BCUT2D eigenvalue weighted by Crippen LogP contribution is -2.37. The molecule has 0 aliphatic heterocycles. The molecule has 3 aliphatic carbocycles. The predicted octanol–water partition coefficient (Wildman–Crippen LogP) is 0.512. The van der Waals surface area contributed by atoms with Crippen LogP contribution in [-0.2, 0) is 4.79 Å². The van der Waals surface area contributed by atoms with Crippen LogP contribution in [0.25, 0.3) is 0 Å². The van der Waals surface area contributed by atoms with Gasteiger partial charge < -0.3 is 5.11 Å². The summed E-state index contributed by atoms with van der Waals surface area (Å²) in [6.45, 7) is 0. The van der Waals surface area contributed by atoms with E-state index in [4.69, 9.17) is 0 Å². The molecule has 2 nitrogen and oxygen atoms in total. The fraction of sp³-hybridized carbons (Fsp3) is 0.625. The molecule has 1 N–H and O–H groups in total. The maximum atomic E-state index is 11.0. The molecule has 0 radical (unpaired) electrons. The largest absolute Gasteiger partial charge is 0.392 e. The van der Waals surface area contributed by atoms with Gasteiger partial charge in [0.05, 0.1) is 6.10 Å². The van der Waals surface area contributed by atoms with E-state index in [1.165, 1.54) is 0 Å². The minimum Gasteiger partial charge on any atom is -0.392 e. The van der Waals surface area contributed by atoms with E-state index in [0.29, 0.717) is 18.6 Å². The summed E-state index contributed by atoms with van der Waals surface area (Å²) in [5.41, 5.74) is 0. The van der Waals surface area contributed by atoms with Gasteiger partial charge in [-0.2, -0.15) is 0 Å². The zero-order valence-electron chi connectivity index (χ0n) is 5.66. The van der Waals surface area contributed by atoms with Crippen LogP contribution in [0.15, 0.2) is 12.2 Å². The number of fused-ring (bicyclic) bond motifs is 2. The third-order valence-electron chi connectivity index (χ3n) is 2.43. The Balaban J connectivity index is 2.28. The van der Waals surface area contributed by atoms with Gasteiger partial charge in [0.1, 0.15) is 5.78 Å². The number of hydrogen-bond acceptors (Lipinski definition) is 2. The number of Topliss-reactive ketones (excluding diaryl/α,β-unsaturated/α-hetero) is 1. The highest BCUT2D eigenvalue weighted by Crippen LogP contribution is 2.33. The molecule has 3 rings (SSSR count). The van der Waals surface area contributed by atoms with Gasteiger partial charge in [0.15, 0.2) is 0 Å². The van der Waals surface area contributed by atoms with Gasteiger partial charge in [-0.15, -0.1) is 0 Å². The maximum absolute atomic E-state index is 11.0. The molecule has 1 fully saturated rings. The van der Waals surface area contributed by atoms with Crippen LogP contribution in [0, 0.1) is 11.8 Å². The second-order valence-corrected chi connectivity index (χ2v) is 3.13. The first-order valence-corrected chi connectivity index (χ1v) is 3.66. The average molecular weight is 138 g/mol. The molecule has 1 saturated carbocycles. The van der Waals surface area contributed by atoms with Gasteiger partial charge in [-0.1, -0.05) is 12.2 Å². The van der Waals surface area contributed by atoms with Gasteiger partial charge in [-0.25, -0.2) is 0 Å². The molecule has 0 aromatic rings. The van der Waals surface area contributed by atoms with E-state index in [1.54, 1.807) is 0 Å². The lowest BCUT2D eigenvalue weighted by molar-refractivity contribution is -0.127. The van der Waals surface area contributed by atoms with Crippen molar-refractivity contribution >= 4 is 5.78 Å². The van der Waals surface area contributed by atoms with E-state index < -0.39 is 0 Å². The highest BCUT2D eigenvalue weighted by molar-refractivity contribution is 5.85. The molecule has 54 valence electrons. The summed E-state index contributed by atoms with van der Waals surface area (Å²) in [5.74, 6) is 0.454. The molecule has 0 spiro atoms. The van der Waals surface area contributed by atoms with Crippen LogP contribution < -0.4 is 0 Å². The van der Waals surface area contributed by atoms with Crippen LogP contribution in [0.2, 0.25) is 0 Å². The molecule has 0 aromatic carbocycles. The summed E-state index contributed by atoms with van der Waals surface area (Å²) < 4.78 is 0. The molecule has 0 aromatic heterocycles. The number of aliphatic hydroxyl groups excluding tert-OH is 1. The van der Waals surface area contributed by atoms with E-state index in [1.807, 2.05) is 12.2 Å². The summed E-state index contributed by atoms with van der Waals surface area (Å²) >= 11 is 0. The number of carbonyl (C=O) groups is 1. The Morgan fingerprint density at radius 2 is 2.30 bits per heavy atom. The molecule has 2 bridgehead atoms. The summed E-state index contributed by atoms with van der Waals surface area (Å²) in [4.78, 5) is 11.0. The molecular weight excluding hydrogens is 128 g/mol. The first kappa shape index (κ1) is 6.10. The maximum Gasteiger partial charge on any atom is 0.140 e. The van der Waals surface area contributed by atoms with Gasteiger partial charge in [0.2, 0.25) is 0 Å². The average Bonchev–Trinajstić information content (AvgIpc) is 1.91. The van der Waals surface area contributed by atoms with Crippen molar-refractivity contribution in [3.05, 3.63) is 12.2 Å². The number of rotatable bonds is 0. The smallest absolute Gasteiger partial charge is 0.140 e. The van der Waals surface area contributed by atoms with Crippen molar-refractivity contribution in [3.63, 3.8) is 0 Å². The topological polar surface area (TPSA) is 37.3 Å². The van der Waals surface area contributed by atoms with Crippen molar-refractivity contribution in [3.8, 4) is 0 Å². The molecule has 0 unspecified atom stereocenters. The van der Waals surface area contributed by atoms with Crippen LogP contribution >= 0.6 is 0 Å². The van der Waals surface area contributed by atoms with Gasteiger partial charge in [-0.3, -0.25) is 4.79 Å². The zero-order valence-corrected chi connectivity index (χ0v) is 5.66. The minimum absolute atomic E-state index is 0.0278. The van der Waals surface area contributed by atoms with Crippen molar-refractivity contribution in [1.82, 2.24) is 0 Å². The van der Waals surface area contributed by atoms with Crippen molar-refractivity contribution in [1.29, 1.82) is 0 Å². The Hall–Kier alpha value is -0.630. The van der Waals surface area contributed by atoms with Crippen LogP contribution in [0.4, 0.5) is 0 Å². The quantitative estimate of drug-likeness (QED) is 0.495. The predicted molar refractivity (Wildman–Crippen MR) is 36.4 cm³/mol. The number of hydrogen-bond donors (Lipinski definition) is 1. The van der Waals surface area contributed by atoms with E-state index in [0.717, 1.165) is 0 Å². The lowest BCUT2D eigenvalue weighted by atomic mass is 9.73. The number of allylic oxidation sites excluding steroid dienone is 1. The summed E-state index contributed by atoms with van der Waals surface area (Å²) in [6.07, 6.45) is 4.86. The van der Waals surface area contributed by atoms with E-state index in [-0.39, 0.29) is 17.9 Å². The van der Waals surface area contributed by atoms with Gasteiger partial charge in [0.25, 0.3) is 0 Å². The standard InChI is InChI=1S/C8H10O2/c9-7-4-6-2-1-5(7)3-8(6)10/h1-2,5-7,9H,3-4H2/t5-,6-,7-/m0/s1. The molecule has 3 atom stereocenters. The Morgan fingerprint density at radius 3 is 2.60 bits per heavy atom. The molecule has 3 aliphatic rings. The highest BCUT2D eigenvalue weighted by atomic mass is 16.3. The molecule has 2 heteroatoms. The lowest BCUT2D eigenvalue weighted by Gasteiger charge is -2.33. The van der Waals surface area contributed by atoms with Gasteiger partial charge in [0, 0.05) is 18.3 Å². The van der Waals surface area contributed by atoms with Crippen molar-refractivity contribution in [2.75, 3.05) is 0 Å². The monoisotopic (exact) mass is 138 g/mol. The SMILES string of the molecule is O=C1C[C@@H]2C=C[C@H]1C[C@@H]2O. The van der Waals surface area contributed by atoms with Crippen LogP contribution in [-0.4, -0.2) is 17.0 Å². The van der Waals surface area contributed by atoms with Crippen LogP contribution in [0.5, 0.6) is 0 Å². The first-order valence-electron chi connectivity index (χ1n) is 3.66. The summed E-state index contributed by atoms with van der Waals surface area (Å²) in [7, 11) is 0. The highest BCUT2D eigenvalue weighted by Gasteiger charge is 2.35. The van der Waals surface area contributed by atoms with Gasteiger partial charge in [-0.05, 0) is 6.42 Å². The summed E-state index contributed by atoms with van der Waals surface area (Å²) in [6, 6.07) is 0.